The minimum atomic E-state index is -0.483. The van der Waals surface area contributed by atoms with E-state index in [0.717, 1.165) is 12.0 Å². The lowest BCUT2D eigenvalue weighted by Crippen LogP contribution is -2.11. The molecule has 1 rings (SSSR count). The van der Waals surface area contributed by atoms with Crippen molar-refractivity contribution in [3.8, 4) is 0 Å². The summed E-state index contributed by atoms with van der Waals surface area (Å²) in [5.74, 6) is -0.312. The standard InChI is InChI=1S/C13H17FO2/c1-3-7-16-13(9-15)12-8-11(14)6-5-10(12)4-2/h3,5-6,8,13,15H,1,4,7,9H2,2H3/t13-/m0/s1. The molecule has 0 radical (unpaired) electrons. The molecule has 0 heterocycles. The first-order valence-corrected chi connectivity index (χ1v) is 5.34. The molecule has 1 aromatic carbocycles. The number of aliphatic hydroxyl groups is 1. The lowest BCUT2D eigenvalue weighted by Gasteiger charge is -2.18. The first-order chi connectivity index (χ1) is 7.72. The van der Waals surface area contributed by atoms with Crippen molar-refractivity contribution in [2.45, 2.75) is 19.4 Å². The number of hydrogen-bond acceptors (Lipinski definition) is 2. The van der Waals surface area contributed by atoms with Gasteiger partial charge in [0.05, 0.1) is 13.2 Å². The number of ether oxygens (including phenoxy) is 1. The highest BCUT2D eigenvalue weighted by atomic mass is 19.1. The molecule has 0 aromatic heterocycles. The molecule has 1 atom stereocenters. The molecule has 88 valence electrons. The summed E-state index contributed by atoms with van der Waals surface area (Å²) >= 11 is 0. The zero-order valence-electron chi connectivity index (χ0n) is 9.45. The Labute approximate surface area is 95.4 Å². The normalized spacial score (nSPS) is 12.4. The van der Waals surface area contributed by atoms with Crippen LogP contribution in [0.2, 0.25) is 0 Å². The first-order valence-electron chi connectivity index (χ1n) is 5.34. The number of hydrogen-bond donors (Lipinski definition) is 1. The van der Waals surface area contributed by atoms with Gasteiger partial charge in [0, 0.05) is 0 Å². The quantitative estimate of drug-likeness (QED) is 0.753. The Morgan fingerprint density at radius 2 is 2.31 bits per heavy atom. The average Bonchev–Trinajstić information content (AvgIpc) is 2.30. The van der Waals surface area contributed by atoms with Gasteiger partial charge in [-0.15, -0.1) is 6.58 Å². The van der Waals surface area contributed by atoms with Gasteiger partial charge in [0.1, 0.15) is 11.9 Å². The lowest BCUT2D eigenvalue weighted by molar-refractivity contribution is 0.0268. The third kappa shape index (κ3) is 3.15. The molecule has 0 bridgehead atoms. The average molecular weight is 224 g/mol. The van der Waals surface area contributed by atoms with Crippen LogP contribution in [0.1, 0.15) is 24.2 Å². The van der Waals surface area contributed by atoms with Crippen molar-refractivity contribution in [1.82, 2.24) is 0 Å². The van der Waals surface area contributed by atoms with Gasteiger partial charge in [-0.1, -0.05) is 19.1 Å². The fourth-order valence-electron chi connectivity index (χ4n) is 1.61. The second kappa shape index (κ2) is 6.40. The topological polar surface area (TPSA) is 29.5 Å². The van der Waals surface area contributed by atoms with Crippen LogP contribution in [0.4, 0.5) is 4.39 Å². The predicted molar refractivity (Wildman–Crippen MR) is 61.8 cm³/mol. The third-order valence-corrected chi connectivity index (χ3v) is 2.42. The van der Waals surface area contributed by atoms with Gasteiger partial charge in [-0.2, -0.15) is 0 Å². The van der Waals surface area contributed by atoms with Crippen LogP contribution in [0.3, 0.4) is 0 Å². The van der Waals surface area contributed by atoms with E-state index in [1.807, 2.05) is 6.92 Å². The fourth-order valence-corrected chi connectivity index (χ4v) is 1.61. The lowest BCUT2D eigenvalue weighted by atomic mass is 10.0. The second-order valence-electron chi connectivity index (χ2n) is 3.49. The maximum absolute atomic E-state index is 13.1. The molecule has 1 aromatic rings. The van der Waals surface area contributed by atoms with Crippen molar-refractivity contribution in [1.29, 1.82) is 0 Å². The molecule has 0 amide bonds. The first kappa shape index (κ1) is 12.9. The van der Waals surface area contributed by atoms with Crippen LogP contribution >= 0.6 is 0 Å². The summed E-state index contributed by atoms with van der Waals surface area (Å²) in [4.78, 5) is 0. The van der Waals surface area contributed by atoms with Crippen LogP contribution in [0, 0.1) is 5.82 Å². The highest BCUT2D eigenvalue weighted by Gasteiger charge is 2.14. The molecule has 1 N–H and O–H groups in total. The zero-order valence-corrected chi connectivity index (χ0v) is 9.45. The minimum absolute atomic E-state index is 0.162. The van der Waals surface area contributed by atoms with Gasteiger partial charge in [-0.05, 0) is 29.7 Å². The fraction of sp³-hybridized carbons (Fsp3) is 0.385. The van der Waals surface area contributed by atoms with E-state index in [0.29, 0.717) is 12.2 Å². The molecule has 0 saturated heterocycles. The number of rotatable bonds is 6. The monoisotopic (exact) mass is 224 g/mol. The van der Waals surface area contributed by atoms with Gasteiger partial charge >= 0.3 is 0 Å². The van der Waals surface area contributed by atoms with E-state index in [-0.39, 0.29) is 12.4 Å². The Balaban J connectivity index is 2.96. The van der Waals surface area contributed by atoms with Crippen LogP contribution in [-0.2, 0) is 11.2 Å². The van der Waals surface area contributed by atoms with Crippen molar-refractivity contribution >= 4 is 0 Å². The second-order valence-corrected chi connectivity index (χ2v) is 3.49. The van der Waals surface area contributed by atoms with Gasteiger partial charge in [-0.25, -0.2) is 4.39 Å². The van der Waals surface area contributed by atoms with E-state index < -0.39 is 6.10 Å². The van der Waals surface area contributed by atoms with Crippen molar-refractivity contribution in [3.63, 3.8) is 0 Å². The molecular weight excluding hydrogens is 207 g/mol. The maximum atomic E-state index is 13.1. The molecule has 0 fully saturated rings. The highest BCUT2D eigenvalue weighted by Crippen LogP contribution is 2.23. The van der Waals surface area contributed by atoms with Gasteiger partial charge in [0.2, 0.25) is 0 Å². The molecule has 0 aliphatic carbocycles. The van der Waals surface area contributed by atoms with E-state index in [4.69, 9.17) is 4.74 Å². The van der Waals surface area contributed by atoms with Crippen molar-refractivity contribution in [3.05, 3.63) is 47.8 Å². The number of aliphatic hydroxyl groups excluding tert-OH is 1. The van der Waals surface area contributed by atoms with Gasteiger partial charge in [-0.3, -0.25) is 0 Å². The maximum Gasteiger partial charge on any atom is 0.123 e. The van der Waals surface area contributed by atoms with Gasteiger partial charge < -0.3 is 9.84 Å². The summed E-state index contributed by atoms with van der Waals surface area (Å²) in [6.45, 7) is 5.70. The van der Waals surface area contributed by atoms with Crippen LogP contribution in [0.25, 0.3) is 0 Å². The van der Waals surface area contributed by atoms with E-state index >= 15 is 0 Å². The SMILES string of the molecule is C=CCO[C@@H](CO)c1cc(F)ccc1CC. The summed E-state index contributed by atoms with van der Waals surface area (Å²) in [7, 11) is 0. The van der Waals surface area contributed by atoms with E-state index in [9.17, 15) is 9.50 Å². The van der Waals surface area contributed by atoms with E-state index in [2.05, 4.69) is 6.58 Å². The van der Waals surface area contributed by atoms with Gasteiger partial charge in [0.25, 0.3) is 0 Å². The summed E-state index contributed by atoms with van der Waals surface area (Å²) in [6, 6.07) is 4.57. The molecule has 16 heavy (non-hydrogen) atoms. The molecular formula is C13H17FO2. The largest absolute Gasteiger partial charge is 0.393 e. The minimum Gasteiger partial charge on any atom is -0.393 e. The molecule has 0 saturated carbocycles. The Kier molecular flexibility index (Phi) is 5.15. The molecule has 0 spiro atoms. The predicted octanol–water partition coefficient (Wildman–Crippen LogP) is 2.62. The summed E-state index contributed by atoms with van der Waals surface area (Å²) in [6.07, 6.45) is 1.90. The van der Waals surface area contributed by atoms with Crippen LogP contribution in [0.15, 0.2) is 30.9 Å². The number of benzene rings is 1. The van der Waals surface area contributed by atoms with E-state index in [1.54, 1.807) is 12.1 Å². The van der Waals surface area contributed by atoms with E-state index in [1.165, 1.54) is 12.1 Å². The third-order valence-electron chi connectivity index (χ3n) is 2.42. The van der Waals surface area contributed by atoms with Crippen LogP contribution in [-0.4, -0.2) is 18.3 Å². The van der Waals surface area contributed by atoms with Crippen LogP contribution in [0.5, 0.6) is 0 Å². The van der Waals surface area contributed by atoms with Gasteiger partial charge in [0.15, 0.2) is 0 Å². The molecule has 0 aliphatic heterocycles. The molecule has 2 nitrogen and oxygen atoms in total. The summed E-state index contributed by atoms with van der Waals surface area (Å²) in [5, 5.41) is 9.24. The van der Waals surface area contributed by atoms with Crippen molar-refractivity contribution in [2.75, 3.05) is 13.2 Å². The molecule has 0 unspecified atom stereocenters. The highest BCUT2D eigenvalue weighted by molar-refractivity contribution is 5.30. The Morgan fingerprint density at radius 1 is 1.56 bits per heavy atom. The number of aryl methyl sites for hydroxylation is 1. The smallest absolute Gasteiger partial charge is 0.123 e. The van der Waals surface area contributed by atoms with Crippen molar-refractivity contribution in [2.24, 2.45) is 0 Å². The number of halogens is 1. The van der Waals surface area contributed by atoms with Crippen molar-refractivity contribution < 1.29 is 14.2 Å². The van der Waals surface area contributed by atoms with Crippen LogP contribution < -0.4 is 0 Å². The summed E-state index contributed by atoms with van der Waals surface area (Å²) < 4.78 is 18.5. The zero-order chi connectivity index (χ0) is 12.0. The molecule has 3 heteroatoms. The Hall–Kier alpha value is -1.19. The Bertz CT molecular complexity index is 350. The molecule has 0 aliphatic rings. The Morgan fingerprint density at radius 3 is 2.88 bits per heavy atom. The summed E-state index contributed by atoms with van der Waals surface area (Å²) in [5.41, 5.74) is 1.70.